The van der Waals surface area contributed by atoms with Crippen molar-refractivity contribution in [2.45, 2.75) is 51.9 Å². The van der Waals surface area contributed by atoms with Crippen LogP contribution in [0.15, 0.2) is 18.5 Å². The fraction of sp³-hybridized carbons (Fsp3) is 0.667. The lowest BCUT2D eigenvalue weighted by Gasteiger charge is -2.13. The van der Waals surface area contributed by atoms with Crippen LogP contribution in [0.4, 0.5) is 0 Å². The van der Waals surface area contributed by atoms with Gasteiger partial charge in [-0.25, -0.2) is 9.97 Å². The fourth-order valence-electron chi connectivity index (χ4n) is 1.72. The molecule has 0 aliphatic rings. The van der Waals surface area contributed by atoms with Crippen LogP contribution in [0.5, 0.6) is 0 Å². The summed E-state index contributed by atoms with van der Waals surface area (Å²) in [5, 5.41) is 0. The molecular weight excluding hydrogens is 172 g/mol. The van der Waals surface area contributed by atoms with Gasteiger partial charge in [-0.05, 0) is 18.9 Å². The summed E-state index contributed by atoms with van der Waals surface area (Å²) >= 11 is 0. The van der Waals surface area contributed by atoms with E-state index in [1.807, 2.05) is 18.5 Å². The van der Waals surface area contributed by atoms with Crippen LogP contribution in [-0.2, 0) is 0 Å². The van der Waals surface area contributed by atoms with Gasteiger partial charge in [0.15, 0.2) is 0 Å². The van der Waals surface area contributed by atoms with Gasteiger partial charge in [0.1, 0.15) is 5.82 Å². The van der Waals surface area contributed by atoms with Gasteiger partial charge in [0.25, 0.3) is 0 Å². The number of nitrogens with zero attached hydrogens (tertiary/aromatic N) is 2. The smallest absolute Gasteiger partial charge is 0.131 e. The summed E-state index contributed by atoms with van der Waals surface area (Å²) in [6, 6.07) is 1.88. The standard InChI is InChI=1S/C12H20N2/c1-3-5-8-11(7-4-2)12-13-9-6-10-14-12/h6,9-11H,3-5,7-8H2,1-2H3. The van der Waals surface area contributed by atoms with Gasteiger partial charge in [-0.15, -0.1) is 0 Å². The summed E-state index contributed by atoms with van der Waals surface area (Å²) in [4.78, 5) is 8.68. The molecule has 0 aliphatic carbocycles. The molecule has 1 rings (SSSR count). The molecule has 1 aromatic heterocycles. The van der Waals surface area contributed by atoms with Crippen molar-refractivity contribution < 1.29 is 0 Å². The molecule has 0 aliphatic heterocycles. The lowest BCUT2D eigenvalue weighted by Crippen LogP contribution is -2.03. The molecule has 1 atom stereocenters. The number of hydrogen-bond acceptors (Lipinski definition) is 2. The molecule has 2 heteroatoms. The van der Waals surface area contributed by atoms with Crippen molar-refractivity contribution in [1.29, 1.82) is 0 Å². The van der Waals surface area contributed by atoms with Crippen LogP contribution < -0.4 is 0 Å². The van der Waals surface area contributed by atoms with E-state index in [4.69, 9.17) is 0 Å². The molecule has 0 radical (unpaired) electrons. The molecule has 0 fully saturated rings. The molecule has 0 saturated carbocycles. The van der Waals surface area contributed by atoms with Gasteiger partial charge < -0.3 is 0 Å². The molecule has 0 saturated heterocycles. The first-order valence-corrected chi connectivity index (χ1v) is 5.65. The largest absolute Gasteiger partial charge is 0.241 e. The number of unbranched alkanes of at least 4 members (excludes halogenated alkanes) is 1. The summed E-state index contributed by atoms with van der Waals surface area (Å²) in [6.07, 6.45) is 9.88. The third kappa shape index (κ3) is 3.44. The van der Waals surface area contributed by atoms with Gasteiger partial charge >= 0.3 is 0 Å². The van der Waals surface area contributed by atoms with Crippen LogP contribution in [0.2, 0.25) is 0 Å². The minimum atomic E-state index is 0.571. The first-order valence-electron chi connectivity index (χ1n) is 5.65. The van der Waals surface area contributed by atoms with Gasteiger partial charge in [0.2, 0.25) is 0 Å². The second kappa shape index (κ2) is 6.52. The molecule has 1 heterocycles. The van der Waals surface area contributed by atoms with E-state index in [9.17, 15) is 0 Å². The highest BCUT2D eigenvalue weighted by atomic mass is 14.9. The molecule has 1 aromatic rings. The number of aromatic nitrogens is 2. The van der Waals surface area contributed by atoms with E-state index in [1.54, 1.807) is 0 Å². The first-order chi connectivity index (χ1) is 6.88. The van der Waals surface area contributed by atoms with Gasteiger partial charge in [-0.1, -0.05) is 33.1 Å². The van der Waals surface area contributed by atoms with Gasteiger partial charge in [0, 0.05) is 18.3 Å². The zero-order valence-electron chi connectivity index (χ0n) is 9.24. The minimum absolute atomic E-state index is 0.571. The lowest BCUT2D eigenvalue weighted by atomic mass is 9.96. The van der Waals surface area contributed by atoms with Crippen molar-refractivity contribution >= 4 is 0 Å². The second-order valence-electron chi connectivity index (χ2n) is 3.73. The second-order valence-corrected chi connectivity index (χ2v) is 3.73. The fourth-order valence-corrected chi connectivity index (χ4v) is 1.72. The Morgan fingerprint density at radius 3 is 2.36 bits per heavy atom. The average Bonchev–Trinajstić information content (AvgIpc) is 2.25. The van der Waals surface area contributed by atoms with Crippen LogP contribution in [0.3, 0.4) is 0 Å². The maximum absolute atomic E-state index is 4.34. The summed E-state index contributed by atoms with van der Waals surface area (Å²) in [5.74, 6) is 1.60. The van der Waals surface area contributed by atoms with Crippen LogP contribution in [0.1, 0.15) is 57.7 Å². The Hall–Kier alpha value is -0.920. The minimum Gasteiger partial charge on any atom is -0.241 e. The Morgan fingerprint density at radius 1 is 1.07 bits per heavy atom. The van der Waals surface area contributed by atoms with E-state index in [0.717, 1.165) is 5.82 Å². The topological polar surface area (TPSA) is 25.8 Å². The first kappa shape index (κ1) is 11.2. The van der Waals surface area contributed by atoms with E-state index in [0.29, 0.717) is 5.92 Å². The van der Waals surface area contributed by atoms with Crippen LogP contribution in [-0.4, -0.2) is 9.97 Å². The molecule has 0 spiro atoms. The summed E-state index contributed by atoms with van der Waals surface area (Å²) in [7, 11) is 0. The SMILES string of the molecule is CCCCC(CCC)c1ncccn1. The van der Waals surface area contributed by atoms with Crippen molar-refractivity contribution in [1.82, 2.24) is 9.97 Å². The third-order valence-electron chi connectivity index (χ3n) is 2.49. The Labute approximate surface area is 86.8 Å². The van der Waals surface area contributed by atoms with E-state index in [1.165, 1.54) is 32.1 Å². The Balaban J connectivity index is 2.58. The average molecular weight is 192 g/mol. The molecule has 0 aromatic carbocycles. The van der Waals surface area contributed by atoms with Gasteiger partial charge in [0.05, 0.1) is 0 Å². The highest BCUT2D eigenvalue weighted by molar-refractivity contribution is 4.96. The maximum atomic E-state index is 4.34. The van der Waals surface area contributed by atoms with Crippen LogP contribution in [0.25, 0.3) is 0 Å². The predicted octanol–water partition coefficient (Wildman–Crippen LogP) is 3.55. The predicted molar refractivity (Wildman–Crippen MR) is 59.2 cm³/mol. The Bertz CT molecular complexity index is 233. The van der Waals surface area contributed by atoms with E-state index >= 15 is 0 Å². The summed E-state index contributed by atoms with van der Waals surface area (Å²) < 4.78 is 0. The molecule has 0 N–H and O–H groups in total. The van der Waals surface area contributed by atoms with E-state index in [2.05, 4.69) is 23.8 Å². The monoisotopic (exact) mass is 192 g/mol. The molecular formula is C12H20N2. The molecule has 78 valence electrons. The lowest BCUT2D eigenvalue weighted by molar-refractivity contribution is 0.517. The van der Waals surface area contributed by atoms with E-state index < -0.39 is 0 Å². The highest BCUT2D eigenvalue weighted by Gasteiger charge is 2.11. The van der Waals surface area contributed by atoms with E-state index in [-0.39, 0.29) is 0 Å². The number of hydrogen-bond donors (Lipinski definition) is 0. The van der Waals surface area contributed by atoms with Crippen molar-refractivity contribution in [3.05, 3.63) is 24.3 Å². The van der Waals surface area contributed by atoms with Crippen LogP contribution >= 0.6 is 0 Å². The quantitative estimate of drug-likeness (QED) is 0.688. The zero-order valence-corrected chi connectivity index (χ0v) is 9.24. The zero-order chi connectivity index (χ0) is 10.2. The normalized spacial score (nSPS) is 12.7. The highest BCUT2D eigenvalue weighted by Crippen LogP contribution is 2.23. The number of rotatable bonds is 6. The van der Waals surface area contributed by atoms with Gasteiger partial charge in [-0.3, -0.25) is 0 Å². The van der Waals surface area contributed by atoms with Crippen molar-refractivity contribution in [3.63, 3.8) is 0 Å². The molecule has 0 amide bonds. The van der Waals surface area contributed by atoms with Crippen molar-refractivity contribution in [2.24, 2.45) is 0 Å². The van der Waals surface area contributed by atoms with Gasteiger partial charge in [-0.2, -0.15) is 0 Å². The molecule has 0 bridgehead atoms. The summed E-state index contributed by atoms with van der Waals surface area (Å²) in [5.41, 5.74) is 0. The molecule has 14 heavy (non-hydrogen) atoms. The van der Waals surface area contributed by atoms with Crippen LogP contribution in [0, 0.1) is 0 Å². The molecule has 2 nitrogen and oxygen atoms in total. The Morgan fingerprint density at radius 2 is 1.79 bits per heavy atom. The Kier molecular flexibility index (Phi) is 5.20. The van der Waals surface area contributed by atoms with Crippen molar-refractivity contribution in [3.8, 4) is 0 Å². The molecule has 1 unspecified atom stereocenters. The third-order valence-corrected chi connectivity index (χ3v) is 2.49. The summed E-state index contributed by atoms with van der Waals surface area (Å²) in [6.45, 7) is 4.46. The van der Waals surface area contributed by atoms with Crippen molar-refractivity contribution in [2.75, 3.05) is 0 Å². The maximum Gasteiger partial charge on any atom is 0.131 e.